The van der Waals surface area contributed by atoms with E-state index in [1.54, 1.807) is 56.3 Å². The summed E-state index contributed by atoms with van der Waals surface area (Å²) in [6, 6.07) is 9.32. The van der Waals surface area contributed by atoms with Gasteiger partial charge in [0, 0.05) is 4.47 Å². The third kappa shape index (κ3) is 4.83. The Morgan fingerprint density at radius 1 is 1.22 bits per heavy atom. The van der Waals surface area contributed by atoms with Crippen LogP contribution in [0, 0.1) is 0 Å². The van der Waals surface area contributed by atoms with E-state index in [9.17, 15) is 14.7 Å². The highest BCUT2D eigenvalue weighted by atomic mass is 79.9. The molecular formula is C26H25BrN2O6S. The summed E-state index contributed by atoms with van der Waals surface area (Å²) >= 11 is 4.82. The van der Waals surface area contributed by atoms with Gasteiger partial charge in [0.05, 0.1) is 42.2 Å². The fourth-order valence-corrected chi connectivity index (χ4v) is 5.63. The average Bonchev–Trinajstić information content (AvgIpc) is 3.13. The predicted molar refractivity (Wildman–Crippen MR) is 140 cm³/mol. The van der Waals surface area contributed by atoms with Gasteiger partial charge in [-0.2, -0.15) is 0 Å². The monoisotopic (exact) mass is 572 g/mol. The largest absolute Gasteiger partial charge is 0.508 e. The number of carbonyl (C=O) groups excluding carboxylic acids is 1. The first-order valence-electron chi connectivity index (χ1n) is 11.3. The van der Waals surface area contributed by atoms with Crippen molar-refractivity contribution in [3.8, 4) is 17.2 Å². The molecule has 0 unspecified atom stereocenters. The Morgan fingerprint density at radius 2 is 2.00 bits per heavy atom. The molecule has 2 heterocycles. The second kappa shape index (κ2) is 10.7. The number of esters is 1. The van der Waals surface area contributed by atoms with E-state index < -0.39 is 12.0 Å². The minimum atomic E-state index is -0.814. The highest BCUT2D eigenvalue weighted by molar-refractivity contribution is 9.10. The van der Waals surface area contributed by atoms with Gasteiger partial charge in [0.2, 0.25) is 0 Å². The van der Waals surface area contributed by atoms with E-state index in [0.29, 0.717) is 48.7 Å². The Morgan fingerprint density at radius 3 is 2.67 bits per heavy atom. The third-order valence-electron chi connectivity index (χ3n) is 5.56. The van der Waals surface area contributed by atoms with Crippen molar-refractivity contribution in [3.63, 3.8) is 0 Å². The quantitative estimate of drug-likeness (QED) is 0.434. The number of rotatable bonds is 7. The number of phenolic OH excluding ortho intramolecular Hbond substituents is 1. The van der Waals surface area contributed by atoms with Crippen molar-refractivity contribution < 1.29 is 24.1 Å². The number of methoxy groups -OCH3 is 1. The van der Waals surface area contributed by atoms with Crippen molar-refractivity contribution in [2.75, 3.05) is 20.3 Å². The number of phenols is 1. The van der Waals surface area contributed by atoms with Crippen LogP contribution in [0.4, 0.5) is 0 Å². The summed E-state index contributed by atoms with van der Waals surface area (Å²) in [5.74, 6) is 0.547. The highest BCUT2D eigenvalue weighted by Gasteiger charge is 2.35. The molecule has 1 aliphatic rings. The minimum absolute atomic E-state index is 0.0975. The SMILES string of the molecule is CCOC(=O)C1=C(C)N=c2s/c(=C/c3cccc(O)c3)c(=O)n2[C@@H]1c1cc(OC)c(OCC)cc1Br. The molecule has 1 aromatic heterocycles. The normalized spacial score (nSPS) is 15.4. The molecule has 0 radical (unpaired) electrons. The summed E-state index contributed by atoms with van der Waals surface area (Å²) in [6.45, 7) is 5.95. The number of nitrogens with zero attached hydrogens (tertiary/aromatic N) is 2. The van der Waals surface area contributed by atoms with Gasteiger partial charge in [-0.05, 0) is 62.2 Å². The molecule has 0 amide bonds. The molecular weight excluding hydrogens is 548 g/mol. The number of hydrogen-bond donors (Lipinski definition) is 1. The molecule has 0 saturated carbocycles. The van der Waals surface area contributed by atoms with Gasteiger partial charge < -0.3 is 19.3 Å². The van der Waals surface area contributed by atoms with E-state index in [0.717, 1.165) is 0 Å². The molecule has 4 rings (SSSR count). The number of allylic oxidation sites excluding steroid dienone is 1. The number of aromatic hydroxyl groups is 1. The Kier molecular flexibility index (Phi) is 7.65. The van der Waals surface area contributed by atoms with Crippen LogP contribution in [0.15, 0.2) is 61.9 Å². The minimum Gasteiger partial charge on any atom is -0.508 e. The fourth-order valence-electron chi connectivity index (χ4n) is 4.04. The maximum absolute atomic E-state index is 13.7. The van der Waals surface area contributed by atoms with Crippen LogP contribution in [0.2, 0.25) is 0 Å². The number of hydrogen-bond acceptors (Lipinski definition) is 8. The summed E-state index contributed by atoms with van der Waals surface area (Å²) in [5.41, 5.74) is 1.70. The number of benzene rings is 2. The first-order valence-corrected chi connectivity index (χ1v) is 12.9. The van der Waals surface area contributed by atoms with E-state index in [-0.39, 0.29) is 23.5 Å². The zero-order valence-electron chi connectivity index (χ0n) is 20.2. The molecule has 1 atom stereocenters. The van der Waals surface area contributed by atoms with Gasteiger partial charge in [-0.3, -0.25) is 9.36 Å². The molecule has 3 aromatic rings. The summed E-state index contributed by atoms with van der Waals surface area (Å²) < 4.78 is 19.1. The van der Waals surface area contributed by atoms with Gasteiger partial charge in [0.25, 0.3) is 5.56 Å². The Hall–Kier alpha value is -3.37. The lowest BCUT2D eigenvalue weighted by atomic mass is 9.95. The average molecular weight is 573 g/mol. The molecule has 1 N–H and O–H groups in total. The van der Waals surface area contributed by atoms with Crippen LogP contribution >= 0.6 is 27.3 Å². The topological polar surface area (TPSA) is 99.4 Å². The lowest BCUT2D eigenvalue weighted by Crippen LogP contribution is -2.40. The summed E-state index contributed by atoms with van der Waals surface area (Å²) in [6.07, 6.45) is 1.69. The fraction of sp³-hybridized carbons (Fsp3) is 0.269. The van der Waals surface area contributed by atoms with Gasteiger partial charge >= 0.3 is 5.97 Å². The zero-order valence-corrected chi connectivity index (χ0v) is 22.6. The van der Waals surface area contributed by atoms with Crippen molar-refractivity contribution in [2.24, 2.45) is 4.99 Å². The van der Waals surface area contributed by atoms with Crippen LogP contribution in [0.25, 0.3) is 6.08 Å². The second-order valence-corrected chi connectivity index (χ2v) is 9.72. The number of aromatic nitrogens is 1. The van der Waals surface area contributed by atoms with E-state index in [2.05, 4.69) is 20.9 Å². The van der Waals surface area contributed by atoms with Crippen LogP contribution in [0.5, 0.6) is 17.2 Å². The number of ether oxygens (including phenoxy) is 3. The Bertz CT molecular complexity index is 1540. The number of thiazole rings is 1. The van der Waals surface area contributed by atoms with Gasteiger partial charge in [-0.25, -0.2) is 9.79 Å². The molecule has 0 spiro atoms. The maximum Gasteiger partial charge on any atom is 0.338 e. The van der Waals surface area contributed by atoms with E-state index in [1.165, 1.54) is 23.0 Å². The van der Waals surface area contributed by atoms with Gasteiger partial charge in [0.15, 0.2) is 16.3 Å². The molecule has 0 bridgehead atoms. The van der Waals surface area contributed by atoms with E-state index >= 15 is 0 Å². The van der Waals surface area contributed by atoms with Crippen molar-refractivity contribution in [2.45, 2.75) is 26.8 Å². The number of fused-ring (bicyclic) bond motifs is 1. The van der Waals surface area contributed by atoms with Crippen molar-refractivity contribution in [3.05, 3.63) is 83.0 Å². The Labute approximate surface area is 219 Å². The standard InChI is InChI=1S/C26H25BrN2O6S/c1-5-34-20-13-18(27)17(12-19(20)33-4)23-22(25(32)35-6-2)14(3)28-26-29(23)24(31)21(36-26)11-15-8-7-9-16(30)10-15/h7-13,23,30H,5-6H2,1-4H3/b21-11+/t23-/m1/s1. The summed E-state index contributed by atoms with van der Waals surface area (Å²) in [4.78, 5) is 31.9. The van der Waals surface area contributed by atoms with Gasteiger partial charge in [-0.15, -0.1) is 0 Å². The van der Waals surface area contributed by atoms with Crippen molar-refractivity contribution in [1.29, 1.82) is 0 Å². The first kappa shape index (κ1) is 25.7. The summed E-state index contributed by atoms with van der Waals surface area (Å²) in [7, 11) is 1.53. The lowest BCUT2D eigenvalue weighted by molar-refractivity contribution is -0.139. The van der Waals surface area contributed by atoms with Crippen LogP contribution in [0.3, 0.4) is 0 Å². The number of carbonyl (C=O) groups is 1. The zero-order chi connectivity index (χ0) is 26.0. The van der Waals surface area contributed by atoms with Crippen LogP contribution < -0.4 is 24.4 Å². The lowest BCUT2D eigenvalue weighted by Gasteiger charge is -2.26. The highest BCUT2D eigenvalue weighted by Crippen LogP contribution is 2.41. The summed E-state index contributed by atoms with van der Waals surface area (Å²) in [5, 5.41) is 9.83. The Balaban J connectivity index is 2.00. The van der Waals surface area contributed by atoms with Crippen LogP contribution in [0.1, 0.15) is 37.9 Å². The molecule has 0 saturated heterocycles. The molecule has 0 aliphatic carbocycles. The smallest absolute Gasteiger partial charge is 0.338 e. The predicted octanol–water partition coefficient (Wildman–Crippen LogP) is 3.67. The molecule has 36 heavy (non-hydrogen) atoms. The first-order chi connectivity index (χ1) is 17.3. The van der Waals surface area contributed by atoms with Gasteiger partial charge in [0.1, 0.15) is 5.75 Å². The molecule has 0 fully saturated rings. The maximum atomic E-state index is 13.7. The van der Waals surface area contributed by atoms with Gasteiger partial charge in [-0.1, -0.05) is 39.4 Å². The second-order valence-electron chi connectivity index (χ2n) is 7.85. The third-order valence-corrected chi connectivity index (χ3v) is 7.23. The van der Waals surface area contributed by atoms with E-state index in [4.69, 9.17) is 14.2 Å². The van der Waals surface area contributed by atoms with E-state index in [1.807, 2.05) is 6.92 Å². The van der Waals surface area contributed by atoms with Crippen molar-refractivity contribution >= 4 is 39.3 Å². The molecule has 1 aliphatic heterocycles. The molecule has 188 valence electrons. The molecule has 8 nitrogen and oxygen atoms in total. The number of halogens is 1. The molecule has 10 heteroatoms. The van der Waals surface area contributed by atoms with Crippen molar-refractivity contribution in [1.82, 2.24) is 4.57 Å². The molecule has 2 aromatic carbocycles. The van der Waals surface area contributed by atoms with Crippen LogP contribution in [-0.4, -0.2) is 36.0 Å². The van der Waals surface area contributed by atoms with Crippen LogP contribution in [-0.2, 0) is 9.53 Å².